The topological polar surface area (TPSA) is 190 Å². The van der Waals surface area contributed by atoms with E-state index < -0.39 is 48.0 Å². The van der Waals surface area contributed by atoms with Crippen molar-refractivity contribution >= 4 is 11.8 Å². The number of nitrogens with one attached hydrogen (secondary N) is 3. The molecule has 9 N–H and O–H groups in total. The Balaban J connectivity index is 1.28. The molecule has 5 aliphatic heterocycles. The third-order valence-electron chi connectivity index (χ3n) is 14.7. The zero-order valence-electron chi connectivity index (χ0n) is 31.1. The zero-order chi connectivity index (χ0) is 36.5. The highest BCUT2D eigenvalue weighted by Crippen LogP contribution is 2.60. The number of hydrogen-bond donors (Lipinski definition) is 7. The lowest BCUT2D eigenvalue weighted by Crippen LogP contribution is -2.70. The maximum atomic E-state index is 14.1. The number of carbonyl (C=O) groups excluding carboxylic acids is 2. The molecule has 3 aliphatic carbocycles. The quantitative estimate of drug-likeness (QED) is 0.154. The van der Waals surface area contributed by atoms with Gasteiger partial charge in [0.25, 0.3) is 0 Å². The van der Waals surface area contributed by atoms with E-state index in [0.717, 1.165) is 51.6 Å². The summed E-state index contributed by atoms with van der Waals surface area (Å²) in [6.07, 6.45) is 6.86. The van der Waals surface area contributed by atoms with Crippen LogP contribution in [0.4, 0.5) is 0 Å². The van der Waals surface area contributed by atoms with Gasteiger partial charge in [0.2, 0.25) is 0 Å². The standard InChI is InChI=1S/C40H61N5O7/c1-4-19(7-9-43-3)39(49)51-30-16-26-35(48)34-29(47)15-24(18-46)50-37(34)27-12-21-8-10-44-38(42)33(21)25-6-5-20-11-22-14-31(41)45-17-23(22)13-28(32(20)25)40(30,2)52-36(26)27/h4,6,21-24,26-28,30-31,33-38,43-46,48H,5,7-18,41-42H2,1-3H3. The predicted molar refractivity (Wildman–Crippen MR) is 194 cm³/mol. The molecule has 288 valence electrons. The Labute approximate surface area is 307 Å². The van der Waals surface area contributed by atoms with E-state index in [-0.39, 0.29) is 60.8 Å². The number of aliphatic hydroxyl groups is 2. The summed E-state index contributed by atoms with van der Waals surface area (Å²) in [7, 11) is 1.87. The second-order valence-corrected chi connectivity index (χ2v) is 17.4. The summed E-state index contributed by atoms with van der Waals surface area (Å²) in [5, 5.41) is 32.7. The normalized spacial score (nSPS) is 47.3. The summed E-state index contributed by atoms with van der Waals surface area (Å²) >= 11 is 0. The van der Waals surface area contributed by atoms with Gasteiger partial charge in [-0.25, -0.2) is 4.79 Å². The molecule has 5 saturated heterocycles. The number of hydrogen-bond acceptors (Lipinski definition) is 12. The number of rotatable bonds is 6. The molecule has 0 radical (unpaired) electrons. The first kappa shape index (κ1) is 36.9. The molecule has 6 fully saturated rings. The van der Waals surface area contributed by atoms with Crippen LogP contribution in [0.3, 0.4) is 0 Å². The number of carbonyl (C=O) groups is 2. The molecule has 0 aromatic rings. The fourth-order valence-electron chi connectivity index (χ4n) is 12.2. The first-order valence-corrected chi connectivity index (χ1v) is 20.1. The Hall–Kier alpha value is -2.00. The second-order valence-electron chi connectivity index (χ2n) is 17.4. The van der Waals surface area contributed by atoms with Crippen molar-refractivity contribution in [2.75, 3.05) is 33.3 Å². The Morgan fingerprint density at radius 3 is 2.69 bits per heavy atom. The van der Waals surface area contributed by atoms with Crippen molar-refractivity contribution in [1.29, 1.82) is 0 Å². The van der Waals surface area contributed by atoms with Crippen LogP contribution in [0.5, 0.6) is 0 Å². The molecule has 5 heterocycles. The molecule has 0 aromatic heterocycles. The van der Waals surface area contributed by atoms with Crippen molar-refractivity contribution < 1.29 is 34.0 Å². The van der Waals surface area contributed by atoms with Gasteiger partial charge in [0.15, 0.2) is 0 Å². The summed E-state index contributed by atoms with van der Waals surface area (Å²) in [4.78, 5) is 27.9. The third kappa shape index (κ3) is 6.18. The van der Waals surface area contributed by atoms with E-state index >= 15 is 0 Å². The van der Waals surface area contributed by atoms with Crippen molar-refractivity contribution in [3.8, 4) is 0 Å². The van der Waals surface area contributed by atoms with E-state index in [2.05, 4.69) is 29.0 Å². The van der Waals surface area contributed by atoms with E-state index in [0.29, 0.717) is 36.8 Å². The van der Waals surface area contributed by atoms with Crippen LogP contribution in [-0.4, -0.2) is 104 Å². The molecule has 16 unspecified atom stereocenters. The molecule has 0 amide bonds. The minimum absolute atomic E-state index is 0.0377. The molecule has 0 spiro atoms. The first-order chi connectivity index (χ1) is 25.1. The fourth-order valence-corrected chi connectivity index (χ4v) is 12.2. The molecule has 0 aromatic carbocycles. The smallest absolute Gasteiger partial charge is 0.334 e. The maximum absolute atomic E-state index is 14.1. The summed E-state index contributed by atoms with van der Waals surface area (Å²) in [6, 6.07) is 0. The zero-order valence-corrected chi connectivity index (χ0v) is 31.1. The first-order valence-electron chi connectivity index (χ1n) is 20.1. The average Bonchev–Trinajstić information content (AvgIpc) is 3.43. The average molecular weight is 724 g/mol. The molecule has 52 heavy (non-hydrogen) atoms. The Bertz CT molecular complexity index is 1500. The second kappa shape index (κ2) is 14.6. The van der Waals surface area contributed by atoms with Crippen LogP contribution in [-0.2, 0) is 23.8 Å². The monoisotopic (exact) mass is 723 g/mol. The molecular formula is C40H61N5O7. The van der Waals surface area contributed by atoms with Crippen LogP contribution < -0.4 is 27.4 Å². The maximum Gasteiger partial charge on any atom is 0.334 e. The van der Waals surface area contributed by atoms with E-state index in [1.807, 2.05) is 20.0 Å². The van der Waals surface area contributed by atoms with Gasteiger partial charge in [0.05, 0.1) is 49.3 Å². The van der Waals surface area contributed by atoms with Crippen molar-refractivity contribution in [2.45, 2.75) is 120 Å². The summed E-state index contributed by atoms with van der Waals surface area (Å²) in [6.45, 7) is 6.02. The number of ether oxygens (including phenoxy) is 3. The largest absolute Gasteiger partial charge is 0.456 e. The molecular weight excluding hydrogens is 662 g/mol. The highest BCUT2D eigenvalue weighted by molar-refractivity contribution is 5.88. The summed E-state index contributed by atoms with van der Waals surface area (Å²) < 4.78 is 20.9. The molecule has 8 rings (SSSR count). The molecule has 16 atom stereocenters. The van der Waals surface area contributed by atoms with Crippen molar-refractivity contribution in [2.24, 2.45) is 58.8 Å². The predicted octanol–water partition coefficient (Wildman–Crippen LogP) is 1.41. The van der Waals surface area contributed by atoms with Crippen LogP contribution in [0, 0.1) is 47.3 Å². The van der Waals surface area contributed by atoms with Gasteiger partial charge in [-0.1, -0.05) is 17.7 Å². The number of nitrogens with two attached hydrogens (primary N) is 2. The van der Waals surface area contributed by atoms with Crippen LogP contribution in [0.25, 0.3) is 0 Å². The van der Waals surface area contributed by atoms with Crippen molar-refractivity contribution in [3.63, 3.8) is 0 Å². The van der Waals surface area contributed by atoms with Crippen LogP contribution >= 0.6 is 0 Å². The number of aliphatic hydroxyl groups excluding tert-OH is 2. The minimum Gasteiger partial charge on any atom is -0.456 e. The van der Waals surface area contributed by atoms with Gasteiger partial charge in [-0.15, -0.1) is 0 Å². The van der Waals surface area contributed by atoms with Gasteiger partial charge < -0.3 is 51.8 Å². The van der Waals surface area contributed by atoms with Crippen molar-refractivity contribution in [1.82, 2.24) is 16.0 Å². The van der Waals surface area contributed by atoms with Gasteiger partial charge in [-0.2, -0.15) is 0 Å². The molecule has 8 aliphatic rings. The highest BCUT2D eigenvalue weighted by atomic mass is 16.6. The number of ketones is 1. The SMILES string of the molecule is CC=C(CCNC)C(=O)OC1CC2C(O)C3C(=O)CC(CO)OC3C3CC4CCNC(N)C4C4=CCC5=C4C(CC4CNC(N)CC4C5)C1(C)OC23. The lowest BCUT2D eigenvalue weighted by Gasteiger charge is -2.61. The van der Waals surface area contributed by atoms with Gasteiger partial charge in [0, 0.05) is 35.7 Å². The van der Waals surface area contributed by atoms with Crippen LogP contribution in [0.15, 0.2) is 34.4 Å². The third-order valence-corrected chi connectivity index (χ3v) is 14.7. The number of Topliss-reactive ketones (excluding diaryl/α,β-unsaturated/α-hetero) is 1. The van der Waals surface area contributed by atoms with Gasteiger partial charge >= 0.3 is 5.97 Å². The molecule has 2 bridgehead atoms. The van der Waals surface area contributed by atoms with Crippen LogP contribution in [0.1, 0.15) is 71.6 Å². The molecule has 12 heteroatoms. The van der Waals surface area contributed by atoms with E-state index in [1.165, 1.54) is 16.7 Å². The minimum atomic E-state index is -1.03. The Morgan fingerprint density at radius 1 is 1.10 bits per heavy atom. The van der Waals surface area contributed by atoms with Gasteiger partial charge in [-0.05, 0) is 121 Å². The van der Waals surface area contributed by atoms with Crippen LogP contribution in [0.2, 0.25) is 0 Å². The highest BCUT2D eigenvalue weighted by Gasteiger charge is 2.65. The summed E-state index contributed by atoms with van der Waals surface area (Å²) in [5.74, 6) is -0.897. The Kier molecular flexibility index (Phi) is 10.4. The molecule has 12 nitrogen and oxygen atoms in total. The number of esters is 1. The molecule has 1 saturated carbocycles. The number of fused-ring (bicyclic) bond motifs is 7. The van der Waals surface area contributed by atoms with E-state index in [9.17, 15) is 19.8 Å². The number of allylic oxidation sites excluding steroid dienone is 3. The Morgan fingerprint density at radius 2 is 1.92 bits per heavy atom. The fraction of sp³-hybridized carbons (Fsp3) is 0.800. The van der Waals surface area contributed by atoms with E-state index in [4.69, 9.17) is 25.7 Å². The summed E-state index contributed by atoms with van der Waals surface area (Å²) in [5.41, 5.74) is 17.3. The lowest BCUT2D eigenvalue weighted by atomic mass is 9.57. The van der Waals surface area contributed by atoms with Gasteiger partial charge in [0.1, 0.15) is 17.5 Å². The van der Waals surface area contributed by atoms with Crippen molar-refractivity contribution in [3.05, 3.63) is 34.4 Å². The van der Waals surface area contributed by atoms with Gasteiger partial charge in [-0.3, -0.25) is 4.79 Å². The number of piperidine rings is 2. The lowest BCUT2D eigenvalue weighted by molar-refractivity contribution is -0.294. The van der Waals surface area contributed by atoms with E-state index in [1.54, 1.807) is 0 Å².